The molecule has 0 aromatic heterocycles. The summed E-state index contributed by atoms with van der Waals surface area (Å²) in [6.07, 6.45) is 0.0488. The van der Waals surface area contributed by atoms with Crippen LogP contribution in [0.25, 0.3) is 0 Å². The number of carbonyl (C=O) groups excluding carboxylic acids is 1. The first-order valence-corrected chi connectivity index (χ1v) is 6.68. The molecular weight excluding hydrogens is 282 g/mol. The average molecular weight is 296 g/mol. The molecule has 2 heterocycles. The molecule has 3 rings (SSSR count). The molecule has 2 fully saturated rings. The molecule has 2 saturated heterocycles. The molecule has 7 heteroatoms. The van der Waals surface area contributed by atoms with Crippen LogP contribution in [0, 0.1) is 11.7 Å². The van der Waals surface area contributed by atoms with E-state index in [-0.39, 0.29) is 24.2 Å². The number of nitrogens with one attached hydrogen (secondary N) is 1. The molecule has 0 radical (unpaired) electrons. The third-order valence-electron chi connectivity index (χ3n) is 4.19. The van der Waals surface area contributed by atoms with E-state index in [1.165, 1.54) is 0 Å². The van der Waals surface area contributed by atoms with E-state index in [2.05, 4.69) is 5.32 Å². The number of nitrogens with zero attached hydrogens (tertiary/aromatic N) is 1. The Morgan fingerprint density at radius 3 is 2.90 bits per heavy atom. The fraction of sp³-hybridized carbons (Fsp3) is 0.429. The second-order valence-electron chi connectivity index (χ2n) is 5.40. The van der Waals surface area contributed by atoms with Gasteiger partial charge in [-0.1, -0.05) is 0 Å². The summed E-state index contributed by atoms with van der Waals surface area (Å²) in [6, 6.07) is 3.17. The smallest absolute Gasteiger partial charge is 0.335 e. The molecule has 0 saturated carbocycles. The highest BCUT2D eigenvalue weighted by Gasteiger charge is 2.56. The van der Waals surface area contributed by atoms with Gasteiger partial charge in [-0.15, -0.1) is 0 Å². The predicted octanol–water partition coefficient (Wildman–Crippen LogP) is 1.19. The maximum absolute atomic E-state index is 14.8. The lowest BCUT2D eigenvalue weighted by atomic mass is 9.86. The van der Waals surface area contributed by atoms with E-state index < -0.39 is 29.3 Å². The highest BCUT2D eigenvalue weighted by atomic mass is 19.1. The highest BCUT2D eigenvalue weighted by molar-refractivity contribution is 6.03. The van der Waals surface area contributed by atoms with Crippen molar-refractivity contribution in [3.05, 3.63) is 29.6 Å². The van der Waals surface area contributed by atoms with Crippen molar-refractivity contribution in [3.63, 3.8) is 0 Å². The van der Waals surface area contributed by atoms with Crippen molar-refractivity contribution in [2.45, 2.75) is 12.1 Å². The fourth-order valence-electron chi connectivity index (χ4n) is 2.99. The second-order valence-corrected chi connectivity index (χ2v) is 5.40. The van der Waals surface area contributed by atoms with Crippen LogP contribution < -0.4 is 10.2 Å². The largest absolute Gasteiger partial charge is 0.478 e. The Labute approximate surface area is 119 Å². The number of carboxylic acids is 1. The third kappa shape index (κ3) is 2.08. The summed E-state index contributed by atoms with van der Waals surface area (Å²) in [6.45, 7) is 0.783. The number of hydrogen-bond acceptors (Lipinski definition) is 3. The molecule has 2 atom stereocenters. The number of anilines is 1. The summed E-state index contributed by atoms with van der Waals surface area (Å²) in [5.41, 5.74) is -2.30. The fourth-order valence-corrected chi connectivity index (χ4v) is 2.99. The van der Waals surface area contributed by atoms with Crippen molar-refractivity contribution < 1.29 is 23.5 Å². The average Bonchev–Trinajstić information content (AvgIpc) is 2.72. The monoisotopic (exact) mass is 296 g/mol. The number of rotatable bonds is 2. The van der Waals surface area contributed by atoms with Crippen molar-refractivity contribution >= 4 is 17.6 Å². The molecule has 0 unspecified atom stereocenters. The van der Waals surface area contributed by atoms with Crippen LogP contribution >= 0.6 is 0 Å². The number of piperidine rings is 1. The molecule has 0 spiro atoms. The summed E-state index contributed by atoms with van der Waals surface area (Å²) in [7, 11) is 0. The van der Waals surface area contributed by atoms with Crippen molar-refractivity contribution in [3.8, 4) is 0 Å². The quantitative estimate of drug-likeness (QED) is 0.860. The molecule has 0 aliphatic carbocycles. The third-order valence-corrected chi connectivity index (χ3v) is 4.19. The van der Waals surface area contributed by atoms with Gasteiger partial charge in [0.25, 0.3) is 5.91 Å². The Morgan fingerprint density at radius 1 is 1.48 bits per heavy atom. The molecule has 21 heavy (non-hydrogen) atoms. The number of benzene rings is 1. The highest BCUT2D eigenvalue weighted by Crippen LogP contribution is 2.40. The van der Waals surface area contributed by atoms with Gasteiger partial charge < -0.3 is 15.3 Å². The van der Waals surface area contributed by atoms with E-state index in [0.29, 0.717) is 13.1 Å². The number of aromatic carboxylic acids is 1. The van der Waals surface area contributed by atoms with E-state index in [1.807, 2.05) is 0 Å². The van der Waals surface area contributed by atoms with Crippen LogP contribution in [-0.2, 0) is 4.79 Å². The van der Waals surface area contributed by atoms with Crippen LogP contribution in [0.4, 0.5) is 14.5 Å². The Morgan fingerprint density at radius 2 is 2.24 bits per heavy atom. The summed E-state index contributed by atoms with van der Waals surface area (Å²) in [5.74, 6) is -3.29. The molecule has 1 aromatic rings. The normalized spacial score (nSPS) is 28.6. The minimum atomic E-state index is -1.99. The van der Waals surface area contributed by atoms with Crippen LogP contribution in [0.3, 0.4) is 0 Å². The zero-order valence-corrected chi connectivity index (χ0v) is 11.1. The van der Waals surface area contributed by atoms with E-state index in [0.717, 1.165) is 23.1 Å². The standard InChI is InChI=1S/C14H14F2N2O3/c15-10-2-1-8(12(19)20)5-11(10)18-7-9-6-17-4-3-14(9,16)13(18)21/h1-2,5,9,17H,3-4,6-7H2,(H,19,20)/t9-,14+/m0/s1. The lowest BCUT2D eigenvalue weighted by Crippen LogP contribution is -2.49. The first-order chi connectivity index (χ1) is 9.93. The number of carboxylic acid groups (broad SMARTS) is 1. The number of alkyl halides is 1. The van der Waals surface area contributed by atoms with E-state index in [1.54, 1.807) is 0 Å². The molecular formula is C14H14F2N2O3. The zero-order chi connectivity index (χ0) is 15.2. The maximum atomic E-state index is 14.8. The van der Waals surface area contributed by atoms with Crippen LogP contribution in [0.15, 0.2) is 18.2 Å². The van der Waals surface area contributed by atoms with Gasteiger partial charge >= 0.3 is 5.97 Å². The van der Waals surface area contributed by atoms with Gasteiger partial charge in [0.1, 0.15) is 5.82 Å². The predicted molar refractivity (Wildman–Crippen MR) is 70.5 cm³/mol. The molecule has 1 amide bonds. The molecule has 0 bridgehead atoms. The Balaban J connectivity index is 2.00. The van der Waals surface area contributed by atoms with Crippen LogP contribution in [-0.4, -0.2) is 42.3 Å². The van der Waals surface area contributed by atoms with Gasteiger partial charge in [0.05, 0.1) is 11.3 Å². The van der Waals surface area contributed by atoms with Crippen molar-refractivity contribution in [1.29, 1.82) is 0 Å². The van der Waals surface area contributed by atoms with Crippen molar-refractivity contribution in [2.75, 3.05) is 24.5 Å². The SMILES string of the molecule is O=C(O)c1ccc(F)c(N2C[C@@H]3CNCC[C@]3(F)C2=O)c1. The molecule has 1 aromatic carbocycles. The van der Waals surface area contributed by atoms with Crippen LogP contribution in [0.2, 0.25) is 0 Å². The summed E-state index contributed by atoms with van der Waals surface area (Å²) < 4.78 is 28.7. The summed E-state index contributed by atoms with van der Waals surface area (Å²) in [5, 5.41) is 12.0. The lowest BCUT2D eigenvalue weighted by Gasteiger charge is -2.29. The van der Waals surface area contributed by atoms with Crippen LogP contribution in [0.1, 0.15) is 16.8 Å². The van der Waals surface area contributed by atoms with Crippen molar-refractivity contribution in [2.24, 2.45) is 5.92 Å². The van der Waals surface area contributed by atoms with E-state index in [4.69, 9.17) is 5.11 Å². The Bertz CT molecular complexity index is 622. The maximum Gasteiger partial charge on any atom is 0.335 e. The number of hydrogen-bond donors (Lipinski definition) is 2. The van der Waals surface area contributed by atoms with Gasteiger partial charge in [-0.3, -0.25) is 4.79 Å². The zero-order valence-electron chi connectivity index (χ0n) is 11.1. The van der Waals surface area contributed by atoms with Gasteiger partial charge in [0.2, 0.25) is 0 Å². The second kappa shape index (κ2) is 4.77. The van der Waals surface area contributed by atoms with Gasteiger partial charge in [-0.05, 0) is 24.7 Å². The Hall–Kier alpha value is -2.02. The van der Waals surface area contributed by atoms with Gasteiger partial charge in [-0.25, -0.2) is 13.6 Å². The number of amides is 1. The van der Waals surface area contributed by atoms with Crippen LogP contribution in [0.5, 0.6) is 0 Å². The number of fused-ring (bicyclic) bond motifs is 1. The first-order valence-electron chi connectivity index (χ1n) is 6.68. The Kier molecular flexibility index (Phi) is 3.16. The van der Waals surface area contributed by atoms with Crippen molar-refractivity contribution in [1.82, 2.24) is 5.32 Å². The molecule has 2 aliphatic heterocycles. The minimum Gasteiger partial charge on any atom is -0.478 e. The lowest BCUT2D eigenvalue weighted by molar-refractivity contribution is -0.130. The molecule has 2 aliphatic rings. The van der Waals surface area contributed by atoms with Gasteiger partial charge in [-0.2, -0.15) is 0 Å². The van der Waals surface area contributed by atoms with Gasteiger partial charge in [0, 0.05) is 25.4 Å². The molecule has 112 valence electrons. The summed E-state index contributed by atoms with van der Waals surface area (Å²) in [4.78, 5) is 24.3. The number of halogens is 2. The molecule has 2 N–H and O–H groups in total. The minimum absolute atomic E-state index is 0.0440. The van der Waals surface area contributed by atoms with Gasteiger partial charge in [0.15, 0.2) is 5.67 Å². The topological polar surface area (TPSA) is 69.6 Å². The first kappa shape index (κ1) is 13.9. The van der Waals surface area contributed by atoms with E-state index in [9.17, 15) is 18.4 Å². The molecule has 5 nitrogen and oxygen atoms in total. The number of carbonyl (C=O) groups is 2. The summed E-state index contributed by atoms with van der Waals surface area (Å²) >= 11 is 0. The van der Waals surface area contributed by atoms with E-state index >= 15 is 0 Å².